The number of likely N-dealkylation sites (tertiary alicyclic amines) is 1. The predicted octanol–water partition coefficient (Wildman–Crippen LogP) is 2.96. The summed E-state index contributed by atoms with van der Waals surface area (Å²) in [6, 6.07) is 5.36. The minimum Gasteiger partial charge on any atom is -0.312 e. The topological polar surface area (TPSA) is 15.3 Å². The molecule has 0 aromatic heterocycles. The zero-order valence-corrected chi connectivity index (χ0v) is 12.3. The van der Waals surface area contributed by atoms with Crippen molar-refractivity contribution >= 4 is 0 Å². The molecule has 3 heteroatoms. The number of piperidine rings is 1. The molecular weight excluding hydrogens is 239 g/mol. The summed E-state index contributed by atoms with van der Waals surface area (Å²) in [5, 5.41) is 3.53. The molecule has 1 N–H and O–H groups in total. The fraction of sp³-hybridized carbons (Fsp3) is 0.625. The molecule has 19 heavy (non-hydrogen) atoms. The zero-order valence-electron chi connectivity index (χ0n) is 12.3. The van der Waals surface area contributed by atoms with Gasteiger partial charge in [0.15, 0.2) is 0 Å². The van der Waals surface area contributed by atoms with Crippen molar-refractivity contribution in [1.29, 1.82) is 0 Å². The summed E-state index contributed by atoms with van der Waals surface area (Å²) < 4.78 is 13.2. The molecule has 0 spiro atoms. The van der Waals surface area contributed by atoms with Gasteiger partial charge in [0.25, 0.3) is 0 Å². The Morgan fingerprint density at radius 2 is 2.00 bits per heavy atom. The molecular formula is C16H25FN2. The highest BCUT2D eigenvalue weighted by molar-refractivity contribution is 5.23. The monoisotopic (exact) mass is 264 g/mol. The third-order valence-electron chi connectivity index (χ3n) is 4.30. The van der Waals surface area contributed by atoms with E-state index in [2.05, 4.69) is 24.2 Å². The Morgan fingerprint density at radius 1 is 1.32 bits per heavy atom. The maximum absolute atomic E-state index is 13.2. The van der Waals surface area contributed by atoms with Gasteiger partial charge < -0.3 is 10.2 Å². The third-order valence-corrected chi connectivity index (χ3v) is 4.30. The first-order valence-electron chi connectivity index (χ1n) is 7.13. The average Bonchev–Trinajstić information content (AvgIpc) is 2.38. The number of nitrogens with zero attached hydrogens (tertiary/aromatic N) is 1. The molecule has 1 heterocycles. The van der Waals surface area contributed by atoms with E-state index in [1.54, 1.807) is 6.07 Å². The molecule has 1 aromatic rings. The number of rotatable bonds is 4. The fourth-order valence-electron chi connectivity index (χ4n) is 2.66. The van der Waals surface area contributed by atoms with Gasteiger partial charge in [-0.05, 0) is 62.5 Å². The highest BCUT2D eigenvalue weighted by atomic mass is 19.1. The fourth-order valence-corrected chi connectivity index (χ4v) is 2.66. The van der Waals surface area contributed by atoms with Crippen LogP contribution in [0.1, 0.15) is 30.9 Å². The van der Waals surface area contributed by atoms with Crippen LogP contribution in [0.15, 0.2) is 18.2 Å². The molecule has 0 unspecified atom stereocenters. The van der Waals surface area contributed by atoms with Crippen molar-refractivity contribution in [2.45, 2.75) is 33.2 Å². The molecule has 0 amide bonds. The number of halogens is 1. The second-order valence-electron chi connectivity index (χ2n) is 6.30. The SMILES string of the molecule is Cc1cc(CNCC2(C)CCN(C)CC2)ccc1F. The second-order valence-corrected chi connectivity index (χ2v) is 6.30. The number of hydrogen-bond donors (Lipinski definition) is 1. The van der Waals surface area contributed by atoms with E-state index in [4.69, 9.17) is 0 Å². The van der Waals surface area contributed by atoms with Gasteiger partial charge in [0.1, 0.15) is 5.82 Å². The van der Waals surface area contributed by atoms with Crippen LogP contribution in [-0.4, -0.2) is 31.6 Å². The van der Waals surface area contributed by atoms with Gasteiger partial charge >= 0.3 is 0 Å². The van der Waals surface area contributed by atoms with Crippen LogP contribution < -0.4 is 5.32 Å². The van der Waals surface area contributed by atoms with Crippen molar-refractivity contribution in [3.8, 4) is 0 Å². The molecule has 0 atom stereocenters. The van der Waals surface area contributed by atoms with Crippen molar-refractivity contribution in [2.75, 3.05) is 26.7 Å². The van der Waals surface area contributed by atoms with E-state index < -0.39 is 0 Å². The van der Waals surface area contributed by atoms with E-state index in [1.807, 2.05) is 19.1 Å². The van der Waals surface area contributed by atoms with E-state index in [0.717, 1.165) is 24.2 Å². The average molecular weight is 264 g/mol. The third kappa shape index (κ3) is 4.02. The van der Waals surface area contributed by atoms with Crippen molar-refractivity contribution in [3.05, 3.63) is 35.1 Å². The lowest BCUT2D eigenvalue weighted by Crippen LogP contribution is -2.41. The lowest BCUT2D eigenvalue weighted by molar-refractivity contribution is 0.137. The van der Waals surface area contributed by atoms with Gasteiger partial charge in [0.2, 0.25) is 0 Å². The van der Waals surface area contributed by atoms with Gasteiger partial charge in [0, 0.05) is 13.1 Å². The van der Waals surface area contributed by atoms with Gasteiger partial charge in [-0.3, -0.25) is 0 Å². The van der Waals surface area contributed by atoms with Crippen LogP contribution in [0.3, 0.4) is 0 Å². The summed E-state index contributed by atoms with van der Waals surface area (Å²) in [5.74, 6) is -0.119. The van der Waals surface area contributed by atoms with Crippen molar-refractivity contribution in [2.24, 2.45) is 5.41 Å². The molecule has 1 aromatic carbocycles. The summed E-state index contributed by atoms with van der Waals surface area (Å²) >= 11 is 0. The second kappa shape index (κ2) is 6.02. The Balaban J connectivity index is 1.81. The highest BCUT2D eigenvalue weighted by Gasteiger charge is 2.28. The molecule has 1 aliphatic heterocycles. The molecule has 0 saturated carbocycles. The maximum Gasteiger partial charge on any atom is 0.126 e. The van der Waals surface area contributed by atoms with E-state index >= 15 is 0 Å². The van der Waals surface area contributed by atoms with Gasteiger partial charge in [-0.1, -0.05) is 19.1 Å². The minimum absolute atomic E-state index is 0.119. The van der Waals surface area contributed by atoms with Crippen LogP contribution in [-0.2, 0) is 6.54 Å². The van der Waals surface area contributed by atoms with Crippen LogP contribution in [0.5, 0.6) is 0 Å². The summed E-state index contributed by atoms with van der Waals surface area (Å²) in [6.45, 7) is 8.42. The van der Waals surface area contributed by atoms with Crippen molar-refractivity contribution in [1.82, 2.24) is 10.2 Å². The maximum atomic E-state index is 13.2. The standard InChI is InChI=1S/C16H25FN2/c1-13-10-14(4-5-15(13)17)11-18-12-16(2)6-8-19(3)9-7-16/h4-5,10,18H,6-9,11-12H2,1-3H3. The molecule has 0 bridgehead atoms. The first-order chi connectivity index (χ1) is 8.98. The number of hydrogen-bond acceptors (Lipinski definition) is 2. The summed E-state index contributed by atoms with van der Waals surface area (Å²) in [4.78, 5) is 2.39. The Labute approximate surface area is 116 Å². The van der Waals surface area contributed by atoms with Gasteiger partial charge in [-0.2, -0.15) is 0 Å². The lowest BCUT2D eigenvalue weighted by atomic mass is 9.80. The van der Waals surface area contributed by atoms with Gasteiger partial charge in [-0.25, -0.2) is 4.39 Å². The quantitative estimate of drug-likeness (QED) is 0.899. The summed E-state index contributed by atoms with van der Waals surface area (Å²) in [7, 11) is 2.19. The largest absolute Gasteiger partial charge is 0.312 e. The number of aryl methyl sites for hydroxylation is 1. The molecule has 0 radical (unpaired) electrons. The van der Waals surface area contributed by atoms with Crippen LogP contribution in [0, 0.1) is 18.2 Å². The van der Waals surface area contributed by atoms with Crippen LogP contribution in [0.4, 0.5) is 4.39 Å². The number of benzene rings is 1. The normalized spacial score (nSPS) is 19.6. The van der Waals surface area contributed by atoms with Gasteiger partial charge in [0.05, 0.1) is 0 Å². The predicted molar refractivity (Wildman–Crippen MR) is 77.7 cm³/mol. The smallest absolute Gasteiger partial charge is 0.126 e. The molecule has 0 aliphatic carbocycles. The van der Waals surface area contributed by atoms with Crippen molar-refractivity contribution < 1.29 is 4.39 Å². The zero-order chi connectivity index (χ0) is 13.9. The Kier molecular flexibility index (Phi) is 4.58. The molecule has 2 nitrogen and oxygen atoms in total. The van der Waals surface area contributed by atoms with Crippen LogP contribution >= 0.6 is 0 Å². The first-order valence-corrected chi connectivity index (χ1v) is 7.13. The van der Waals surface area contributed by atoms with E-state index in [9.17, 15) is 4.39 Å². The lowest BCUT2D eigenvalue weighted by Gasteiger charge is -2.38. The van der Waals surface area contributed by atoms with E-state index in [1.165, 1.54) is 25.9 Å². The van der Waals surface area contributed by atoms with E-state index in [0.29, 0.717) is 5.41 Å². The van der Waals surface area contributed by atoms with Gasteiger partial charge in [-0.15, -0.1) is 0 Å². The highest BCUT2D eigenvalue weighted by Crippen LogP contribution is 2.29. The molecule has 106 valence electrons. The Bertz CT molecular complexity index is 423. The first kappa shape index (κ1) is 14.5. The van der Waals surface area contributed by atoms with Crippen LogP contribution in [0.2, 0.25) is 0 Å². The van der Waals surface area contributed by atoms with Crippen molar-refractivity contribution in [3.63, 3.8) is 0 Å². The Hall–Kier alpha value is -0.930. The van der Waals surface area contributed by atoms with E-state index in [-0.39, 0.29) is 5.82 Å². The molecule has 1 aliphatic rings. The Morgan fingerprint density at radius 3 is 2.63 bits per heavy atom. The van der Waals surface area contributed by atoms with Crippen LogP contribution in [0.25, 0.3) is 0 Å². The minimum atomic E-state index is -0.119. The molecule has 2 rings (SSSR count). The number of nitrogens with one attached hydrogen (secondary N) is 1. The molecule has 1 fully saturated rings. The summed E-state index contributed by atoms with van der Waals surface area (Å²) in [5.41, 5.74) is 2.29. The summed E-state index contributed by atoms with van der Waals surface area (Å²) in [6.07, 6.45) is 2.50. The molecule has 1 saturated heterocycles.